The Morgan fingerprint density at radius 3 is 2.00 bits per heavy atom. The molecule has 2 N–H and O–H groups in total. The van der Waals surface area contributed by atoms with Crippen molar-refractivity contribution in [1.29, 1.82) is 0 Å². The lowest BCUT2D eigenvalue weighted by Crippen LogP contribution is -2.25. The van der Waals surface area contributed by atoms with Crippen LogP contribution in [0, 0.1) is 5.41 Å². The van der Waals surface area contributed by atoms with Gasteiger partial charge in [-0.1, -0.05) is 34.3 Å². The Labute approximate surface area is 81.8 Å². The van der Waals surface area contributed by atoms with Crippen molar-refractivity contribution < 1.29 is 0 Å². The molecule has 0 unspecified atom stereocenters. The van der Waals surface area contributed by atoms with Gasteiger partial charge in [-0.3, -0.25) is 0 Å². The topological polar surface area (TPSA) is 26.0 Å². The van der Waals surface area contributed by atoms with Gasteiger partial charge in [-0.2, -0.15) is 12.6 Å². The molecule has 0 spiro atoms. The first-order valence-electron chi connectivity index (χ1n) is 4.28. The molecule has 0 aromatic rings. The molecule has 0 saturated carbocycles. The molecule has 0 bridgehead atoms. The number of rotatable bonds is 4. The van der Waals surface area contributed by atoms with Crippen LogP contribution in [-0.2, 0) is 0 Å². The fourth-order valence-corrected chi connectivity index (χ4v) is 2.28. The SMILES string of the molecule is C=C(N)CC(C)(C)CC(C)(C)S. The first-order chi connectivity index (χ1) is 5.12. The van der Waals surface area contributed by atoms with Gasteiger partial charge < -0.3 is 5.73 Å². The van der Waals surface area contributed by atoms with Crippen LogP contribution in [-0.4, -0.2) is 4.75 Å². The van der Waals surface area contributed by atoms with Gasteiger partial charge in [0.1, 0.15) is 0 Å². The van der Waals surface area contributed by atoms with E-state index in [9.17, 15) is 0 Å². The second kappa shape index (κ2) is 3.73. The van der Waals surface area contributed by atoms with Crippen LogP contribution in [0.4, 0.5) is 0 Å². The average Bonchev–Trinajstić information content (AvgIpc) is 1.48. The summed E-state index contributed by atoms with van der Waals surface area (Å²) in [5.74, 6) is 0. The van der Waals surface area contributed by atoms with Gasteiger partial charge in [-0.25, -0.2) is 0 Å². The molecule has 0 fully saturated rings. The maximum atomic E-state index is 5.58. The van der Waals surface area contributed by atoms with Crippen molar-refractivity contribution in [2.45, 2.75) is 45.3 Å². The third-order valence-corrected chi connectivity index (χ3v) is 1.77. The first kappa shape index (κ1) is 11.9. The summed E-state index contributed by atoms with van der Waals surface area (Å²) in [6, 6.07) is 0. The number of nitrogens with two attached hydrogens (primary N) is 1. The van der Waals surface area contributed by atoms with Crippen LogP contribution >= 0.6 is 12.6 Å². The van der Waals surface area contributed by atoms with Crippen LogP contribution in [0.3, 0.4) is 0 Å². The Morgan fingerprint density at radius 1 is 1.33 bits per heavy atom. The predicted molar refractivity (Wildman–Crippen MR) is 59.4 cm³/mol. The highest BCUT2D eigenvalue weighted by Crippen LogP contribution is 2.35. The van der Waals surface area contributed by atoms with Gasteiger partial charge in [0, 0.05) is 10.4 Å². The molecule has 0 rings (SSSR count). The van der Waals surface area contributed by atoms with E-state index in [2.05, 4.69) is 46.9 Å². The van der Waals surface area contributed by atoms with E-state index in [1.165, 1.54) is 0 Å². The summed E-state index contributed by atoms with van der Waals surface area (Å²) >= 11 is 4.50. The van der Waals surface area contributed by atoms with Crippen molar-refractivity contribution in [3.05, 3.63) is 12.3 Å². The summed E-state index contributed by atoms with van der Waals surface area (Å²) in [6.07, 6.45) is 1.91. The summed E-state index contributed by atoms with van der Waals surface area (Å²) in [5.41, 5.74) is 6.55. The highest BCUT2D eigenvalue weighted by Gasteiger charge is 2.25. The van der Waals surface area contributed by atoms with E-state index in [0.29, 0.717) is 0 Å². The van der Waals surface area contributed by atoms with E-state index in [1.54, 1.807) is 0 Å². The monoisotopic (exact) mass is 187 g/mol. The third-order valence-electron chi connectivity index (χ3n) is 1.62. The van der Waals surface area contributed by atoms with Crippen LogP contribution in [0.15, 0.2) is 12.3 Å². The molecule has 0 heterocycles. The number of hydrogen-bond donors (Lipinski definition) is 2. The van der Waals surface area contributed by atoms with E-state index in [4.69, 9.17) is 5.73 Å². The average molecular weight is 187 g/mol. The maximum absolute atomic E-state index is 5.58. The van der Waals surface area contributed by atoms with Gasteiger partial charge in [0.05, 0.1) is 0 Å². The van der Waals surface area contributed by atoms with Crippen LogP contribution < -0.4 is 5.73 Å². The Morgan fingerprint density at radius 2 is 1.75 bits per heavy atom. The van der Waals surface area contributed by atoms with Crippen molar-refractivity contribution in [1.82, 2.24) is 0 Å². The molecular weight excluding hydrogens is 166 g/mol. The quantitative estimate of drug-likeness (QED) is 0.650. The largest absolute Gasteiger partial charge is 0.402 e. The van der Waals surface area contributed by atoms with Gasteiger partial charge in [0.25, 0.3) is 0 Å². The van der Waals surface area contributed by atoms with Gasteiger partial charge in [0.15, 0.2) is 0 Å². The van der Waals surface area contributed by atoms with Crippen molar-refractivity contribution in [2.24, 2.45) is 11.1 Å². The Bertz CT molecular complexity index is 165. The lowest BCUT2D eigenvalue weighted by Gasteiger charge is -2.31. The van der Waals surface area contributed by atoms with Crippen LogP contribution in [0.2, 0.25) is 0 Å². The fraction of sp³-hybridized carbons (Fsp3) is 0.800. The van der Waals surface area contributed by atoms with E-state index in [1.807, 2.05) is 0 Å². The minimum Gasteiger partial charge on any atom is -0.402 e. The van der Waals surface area contributed by atoms with Crippen molar-refractivity contribution in [3.63, 3.8) is 0 Å². The van der Waals surface area contributed by atoms with Crippen LogP contribution in [0.1, 0.15) is 40.5 Å². The molecule has 1 nitrogen and oxygen atoms in total. The molecule has 0 aromatic carbocycles. The number of allylic oxidation sites excluding steroid dienone is 1. The second-order valence-electron chi connectivity index (χ2n) is 4.99. The van der Waals surface area contributed by atoms with Gasteiger partial charge in [0.2, 0.25) is 0 Å². The Hall–Kier alpha value is -0.110. The maximum Gasteiger partial charge on any atom is 0.00783 e. The van der Waals surface area contributed by atoms with Gasteiger partial charge in [-0.15, -0.1) is 0 Å². The lowest BCUT2D eigenvalue weighted by atomic mass is 9.80. The predicted octanol–water partition coefficient (Wildman–Crippen LogP) is 2.97. The standard InChI is InChI=1S/C10H21NS/c1-8(11)6-9(2,3)7-10(4,5)12/h12H,1,6-7,11H2,2-5H3. The van der Waals surface area contributed by atoms with E-state index in [0.717, 1.165) is 18.5 Å². The van der Waals surface area contributed by atoms with Gasteiger partial charge in [-0.05, 0) is 18.3 Å². The molecule has 0 saturated heterocycles. The zero-order valence-corrected chi connectivity index (χ0v) is 9.54. The summed E-state index contributed by atoms with van der Waals surface area (Å²) in [7, 11) is 0. The van der Waals surface area contributed by atoms with Crippen molar-refractivity contribution in [2.75, 3.05) is 0 Å². The summed E-state index contributed by atoms with van der Waals surface area (Å²) in [4.78, 5) is 0. The number of thiol groups is 1. The molecule has 0 amide bonds. The lowest BCUT2D eigenvalue weighted by molar-refractivity contribution is 0.301. The molecule has 0 aliphatic heterocycles. The zero-order chi connectivity index (χ0) is 9.99. The summed E-state index contributed by atoms with van der Waals surface area (Å²) in [6.45, 7) is 12.4. The molecule has 12 heavy (non-hydrogen) atoms. The molecule has 72 valence electrons. The highest BCUT2D eigenvalue weighted by atomic mass is 32.1. The van der Waals surface area contributed by atoms with Crippen LogP contribution in [0.5, 0.6) is 0 Å². The summed E-state index contributed by atoms with van der Waals surface area (Å²) in [5, 5.41) is 0. The van der Waals surface area contributed by atoms with Crippen molar-refractivity contribution >= 4 is 12.6 Å². The fourth-order valence-electron chi connectivity index (χ4n) is 1.85. The molecule has 0 atom stereocenters. The molecule has 0 aliphatic rings. The minimum atomic E-state index is 0.0684. The first-order valence-corrected chi connectivity index (χ1v) is 4.73. The van der Waals surface area contributed by atoms with Crippen LogP contribution in [0.25, 0.3) is 0 Å². The Balaban J connectivity index is 4.13. The molecular formula is C10H21NS. The normalized spacial score (nSPS) is 13.1. The minimum absolute atomic E-state index is 0.0684. The number of hydrogen-bond acceptors (Lipinski definition) is 2. The zero-order valence-electron chi connectivity index (χ0n) is 8.65. The van der Waals surface area contributed by atoms with E-state index < -0.39 is 0 Å². The second-order valence-corrected chi connectivity index (χ2v) is 6.20. The highest BCUT2D eigenvalue weighted by molar-refractivity contribution is 7.81. The van der Waals surface area contributed by atoms with E-state index in [-0.39, 0.29) is 10.2 Å². The van der Waals surface area contributed by atoms with E-state index >= 15 is 0 Å². The third kappa shape index (κ3) is 6.59. The summed E-state index contributed by atoms with van der Waals surface area (Å²) < 4.78 is 0.0684. The van der Waals surface area contributed by atoms with Crippen molar-refractivity contribution in [3.8, 4) is 0 Å². The molecule has 2 heteroatoms. The van der Waals surface area contributed by atoms with Gasteiger partial charge >= 0.3 is 0 Å². The molecule has 0 aliphatic carbocycles. The molecule has 0 radical (unpaired) electrons. The Kier molecular flexibility index (Phi) is 3.70. The smallest absolute Gasteiger partial charge is 0.00783 e. The molecule has 0 aromatic heterocycles.